The second-order valence-electron chi connectivity index (χ2n) is 3.14. The van der Waals surface area contributed by atoms with Crippen molar-refractivity contribution in [1.29, 1.82) is 5.26 Å². The maximum absolute atomic E-state index is 11.5. The van der Waals surface area contributed by atoms with E-state index in [1.165, 1.54) is 6.92 Å². The summed E-state index contributed by atoms with van der Waals surface area (Å²) in [6.07, 6.45) is 0. The highest BCUT2D eigenvalue weighted by Gasteiger charge is 2.23. The Hall–Kier alpha value is -1.86. The zero-order chi connectivity index (χ0) is 12.1. The zero-order valence-electron chi connectivity index (χ0n) is 8.53. The van der Waals surface area contributed by atoms with E-state index in [0.717, 1.165) is 0 Å². The number of hydrogen-bond acceptors (Lipinski definition) is 3. The van der Waals surface area contributed by atoms with E-state index >= 15 is 0 Å². The molecule has 1 atom stereocenters. The molecule has 1 aromatic carbocycles. The fourth-order valence-corrected chi connectivity index (χ4v) is 1.28. The number of amides is 1. The van der Waals surface area contributed by atoms with Gasteiger partial charge in [-0.2, -0.15) is 5.26 Å². The maximum atomic E-state index is 11.5. The molecule has 0 aliphatic rings. The van der Waals surface area contributed by atoms with Gasteiger partial charge in [0, 0.05) is 0 Å². The molecule has 0 fully saturated rings. The number of rotatable bonds is 3. The Morgan fingerprint density at radius 1 is 1.44 bits per heavy atom. The number of carbonyl (C=O) groups excluding carboxylic acids is 2. The molecule has 0 aliphatic heterocycles. The Kier molecular flexibility index (Phi) is 4.03. The normalized spacial score (nSPS) is 11.3. The fraction of sp³-hybridized carbons (Fsp3) is 0.182. The molecule has 5 heteroatoms. The molecule has 16 heavy (non-hydrogen) atoms. The molecule has 0 saturated heterocycles. The molecule has 0 saturated carbocycles. The highest BCUT2D eigenvalue weighted by molar-refractivity contribution is 6.33. The van der Waals surface area contributed by atoms with Gasteiger partial charge in [-0.05, 0) is 19.1 Å². The van der Waals surface area contributed by atoms with Crippen molar-refractivity contribution in [3.05, 3.63) is 29.3 Å². The molecule has 1 aromatic rings. The number of hydrogen-bond donors (Lipinski definition) is 1. The van der Waals surface area contributed by atoms with Crippen LogP contribution in [0.3, 0.4) is 0 Å². The summed E-state index contributed by atoms with van der Waals surface area (Å²) >= 11 is 5.81. The highest BCUT2D eigenvalue weighted by atomic mass is 35.5. The third-order valence-electron chi connectivity index (χ3n) is 1.93. The number of ketones is 1. The van der Waals surface area contributed by atoms with Gasteiger partial charge in [0.1, 0.15) is 0 Å². The van der Waals surface area contributed by atoms with Gasteiger partial charge in [0.05, 0.1) is 16.8 Å². The van der Waals surface area contributed by atoms with Crippen LogP contribution in [0.1, 0.15) is 6.92 Å². The Labute approximate surface area is 97.8 Å². The number of halogens is 1. The van der Waals surface area contributed by atoms with Gasteiger partial charge >= 0.3 is 0 Å². The Balaban J connectivity index is 2.84. The van der Waals surface area contributed by atoms with Crippen molar-refractivity contribution in [2.24, 2.45) is 5.92 Å². The van der Waals surface area contributed by atoms with Crippen molar-refractivity contribution in [1.82, 2.24) is 0 Å². The molecule has 0 bridgehead atoms. The smallest absolute Gasteiger partial charge is 0.249 e. The molecule has 1 amide bonds. The molecule has 1 N–H and O–H groups in total. The summed E-state index contributed by atoms with van der Waals surface area (Å²) in [5, 5.41) is 11.4. The highest BCUT2D eigenvalue weighted by Crippen LogP contribution is 2.21. The topological polar surface area (TPSA) is 70.0 Å². The molecular weight excluding hydrogens is 228 g/mol. The lowest BCUT2D eigenvalue weighted by Crippen LogP contribution is -2.26. The molecular formula is C11H9ClN2O2. The average Bonchev–Trinajstić information content (AvgIpc) is 2.22. The minimum absolute atomic E-state index is 0.357. The molecule has 0 heterocycles. The van der Waals surface area contributed by atoms with Crippen LogP contribution in [-0.2, 0) is 9.59 Å². The predicted molar refractivity (Wildman–Crippen MR) is 59.9 cm³/mol. The number of benzene rings is 1. The van der Waals surface area contributed by atoms with Gasteiger partial charge in [-0.3, -0.25) is 9.59 Å². The number of Topliss-reactive ketones (excluding diaryl/α,β-unsaturated/α-hetero) is 1. The number of nitrogens with zero attached hydrogens (tertiary/aromatic N) is 1. The second kappa shape index (κ2) is 5.29. The number of para-hydroxylation sites is 1. The third-order valence-corrected chi connectivity index (χ3v) is 2.26. The lowest BCUT2D eigenvalue weighted by Gasteiger charge is -2.08. The van der Waals surface area contributed by atoms with E-state index in [4.69, 9.17) is 16.9 Å². The van der Waals surface area contributed by atoms with Crippen molar-refractivity contribution in [2.45, 2.75) is 6.92 Å². The van der Waals surface area contributed by atoms with Crippen molar-refractivity contribution in [3.8, 4) is 6.07 Å². The summed E-state index contributed by atoms with van der Waals surface area (Å²) in [4.78, 5) is 22.5. The molecule has 0 radical (unpaired) electrons. The van der Waals surface area contributed by atoms with Gasteiger partial charge in [0.15, 0.2) is 11.7 Å². The van der Waals surface area contributed by atoms with Gasteiger partial charge < -0.3 is 5.32 Å². The molecule has 1 rings (SSSR count). The minimum Gasteiger partial charge on any atom is -0.323 e. The third kappa shape index (κ3) is 2.81. The van der Waals surface area contributed by atoms with Crippen LogP contribution < -0.4 is 5.32 Å². The molecule has 1 unspecified atom stereocenters. The summed E-state index contributed by atoms with van der Waals surface area (Å²) in [6, 6.07) is 8.24. The maximum Gasteiger partial charge on any atom is 0.249 e. The monoisotopic (exact) mass is 236 g/mol. The summed E-state index contributed by atoms with van der Waals surface area (Å²) in [5.41, 5.74) is 0.385. The summed E-state index contributed by atoms with van der Waals surface area (Å²) in [6.45, 7) is 1.19. The minimum atomic E-state index is -1.30. The van der Waals surface area contributed by atoms with Crippen molar-refractivity contribution in [2.75, 3.05) is 5.32 Å². The van der Waals surface area contributed by atoms with Crippen LogP contribution >= 0.6 is 11.6 Å². The lowest BCUT2D eigenvalue weighted by atomic mass is 10.1. The van der Waals surface area contributed by atoms with E-state index in [2.05, 4.69) is 5.32 Å². The van der Waals surface area contributed by atoms with Gasteiger partial charge in [-0.15, -0.1) is 0 Å². The average molecular weight is 237 g/mol. The van der Waals surface area contributed by atoms with Crippen molar-refractivity contribution in [3.63, 3.8) is 0 Å². The van der Waals surface area contributed by atoms with Crippen LogP contribution in [0.5, 0.6) is 0 Å². The number of nitrogens with one attached hydrogen (secondary N) is 1. The zero-order valence-corrected chi connectivity index (χ0v) is 9.28. The number of nitriles is 1. The van der Waals surface area contributed by atoms with Crippen LogP contribution in [-0.4, -0.2) is 11.7 Å². The van der Waals surface area contributed by atoms with Gasteiger partial charge in [-0.1, -0.05) is 23.7 Å². The number of anilines is 1. The first-order valence-corrected chi connectivity index (χ1v) is 4.89. The van der Waals surface area contributed by atoms with Crippen molar-refractivity contribution >= 4 is 29.0 Å². The fourth-order valence-electron chi connectivity index (χ4n) is 1.10. The molecule has 0 spiro atoms. The van der Waals surface area contributed by atoms with E-state index in [1.807, 2.05) is 0 Å². The first kappa shape index (κ1) is 12.2. The Bertz CT molecular complexity index is 465. The Morgan fingerprint density at radius 2 is 2.06 bits per heavy atom. The van der Waals surface area contributed by atoms with Crippen LogP contribution in [0.25, 0.3) is 0 Å². The number of carbonyl (C=O) groups is 2. The molecule has 82 valence electrons. The van der Waals surface area contributed by atoms with E-state index in [1.54, 1.807) is 30.3 Å². The molecule has 0 aromatic heterocycles. The first-order chi connectivity index (χ1) is 7.56. The van der Waals surface area contributed by atoms with E-state index < -0.39 is 17.6 Å². The predicted octanol–water partition coefficient (Wildman–Crippen LogP) is 2.01. The standard InChI is InChI=1S/C11H9ClN2O2/c1-7(15)8(6-13)11(16)14-10-5-3-2-4-9(10)12/h2-5,8H,1H3,(H,14,16). The summed E-state index contributed by atoms with van der Waals surface area (Å²) in [7, 11) is 0. The van der Waals surface area contributed by atoms with Crippen LogP contribution in [0, 0.1) is 17.2 Å². The van der Waals surface area contributed by atoms with E-state index in [9.17, 15) is 9.59 Å². The molecule has 0 aliphatic carbocycles. The largest absolute Gasteiger partial charge is 0.323 e. The Morgan fingerprint density at radius 3 is 2.56 bits per heavy atom. The van der Waals surface area contributed by atoms with Crippen LogP contribution in [0.15, 0.2) is 24.3 Å². The van der Waals surface area contributed by atoms with Crippen molar-refractivity contribution < 1.29 is 9.59 Å². The van der Waals surface area contributed by atoms with Gasteiger partial charge in [0.25, 0.3) is 0 Å². The first-order valence-electron chi connectivity index (χ1n) is 4.51. The summed E-state index contributed by atoms with van der Waals surface area (Å²) in [5.74, 6) is -2.45. The molecule has 4 nitrogen and oxygen atoms in total. The van der Waals surface area contributed by atoms with E-state index in [0.29, 0.717) is 10.7 Å². The van der Waals surface area contributed by atoms with Gasteiger partial charge in [-0.25, -0.2) is 0 Å². The second-order valence-corrected chi connectivity index (χ2v) is 3.55. The van der Waals surface area contributed by atoms with E-state index in [-0.39, 0.29) is 0 Å². The van der Waals surface area contributed by atoms with Gasteiger partial charge in [0.2, 0.25) is 5.91 Å². The SMILES string of the molecule is CC(=O)C(C#N)C(=O)Nc1ccccc1Cl. The van der Waals surface area contributed by atoms with Crippen LogP contribution in [0.2, 0.25) is 5.02 Å². The van der Waals surface area contributed by atoms with Crippen LogP contribution in [0.4, 0.5) is 5.69 Å². The quantitative estimate of drug-likeness (QED) is 0.816. The lowest BCUT2D eigenvalue weighted by molar-refractivity contribution is -0.127. The summed E-state index contributed by atoms with van der Waals surface area (Å²) < 4.78 is 0.